The first-order chi connectivity index (χ1) is 8.60. The molecule has 2 rings (SSSR count). The minimum atomic E-state index is -0.0715. The minimum Gasteiger partial charge on any atom is -0.342 e. The van der Waals surface area contributed by atoms with Crippen LogP contribution in [0.3, 0.4) is 0 Å². The van der Waals surface area contributed by atoms with E-state index in [0.717, 1.165) is 44.7 Å². The van der Waals surface area contributed by atoms with Crippen LogP contribution in [-0.2, 0) is 4.79 Å². The molecule has 3 nitrogen and oxygen atoms in total. The van der Waals surface area contributed by atoms with E-state index >= 15 is 0 Å². The van der Waals surface area contributed by atoms with Gasteiger partial charge in [-0.05, 0) is 58.0 Å². The Hall–Kier alpha value is -0.570. The maximum Gasteiger partial charge on any atom is 0.228 e. The fraction of sp³-hybridized carbons (Fsp3) is 0.933. The van der Waals surface area contributed by atoms with Gasteiger partial charge in [0.1, 0.15) is 0 Å². The fourth-order valence-electron chi connectivity index (χ4n) is 3.41. The summed E-state index contributed by atoms with van der Waals surface area (Å²) in [7, 11) is 2.02. The zero-order chi connectivity index (χ0) is 13.2. The van der Waals surface area contributed by atoms with E-state index in [4.69, 9.17) is 0 Å². The van der Waals surface area contributed by atoms with E-state index in [1.807, 2.05) is 7.05 Å². The number of nitrogens with zero attached hydrogens (tertiary/aromatic N) is 1. The first-order valence-electron chi connectivity index (χ1n) is 7.59. The fourth-order valence-corrected chi connectivity index (χ4v) is 3.41. The van der Waals surface area contributed by atoms with Gasteiger partial charge in [-0.1, -0.05) is 13.3 Å². The molecule has 1 saturated heterocycles. The highest BCUT2D eigenvalue weighted by atomic mass is 16.2. The molecular formula is C15H28N2O. The first kappa shape index (κ1) is 13.9. The molecule has 0 aromatic heterocycles. The largest absolute Gasteiger partial charge is 0.342 e. The van der Waals surface area contributed by atoms with Crippen molar-refractivity contribution >= 4 is 5.91 Å². The molecule has 1 atom stereocenters. The summed E-state index contributed by atoms with van der Waals surface area (Å²) >= 11 is 0. The molecule has 1 aliphatic heterocycles. The van der Waals surface area contributed by atoms with Crippen LogP contribution in [0.2, 0.25) is 0 Å². The van der Waals surface area contributed by atoms with Crippen LogP contribution in [0.5, 0.6) is 0 Å². The second kappa shape index (κ2) is 5.60. The summed E-state index contributed by atoms with van der Waals surface area (Å²) in [6, 6.07) is 0.432. The summed E-state index contributed by atoms with van der Waals surface area (Å²) in [5, 5.41) is 3.39. The van der Waals surface area contributed by atoms with Gasteiger partial charge in [0.25, 0.3) is 0 Å². The van der Waals surface area contributed by atoms with E-state index in [2.05, 4.69) is 24.1 Å². The van der Waals surface area contributed by atoms with E-state index in [9.17, 15) is 4.79 Å². The summed E-state index contributed by atoms with van der Waals surface area (Å²) in [6.45, 7) is 6.41. The molecule has 2 aliphatic rings. The Morgan fingerprint density at radius 3 is 2.50 bits per heavy atom. The maximum atomic E-state index is 12.9. The van der Waals surface area contributed by atoms with Crippen LogP contribution in [0, 0.1) is 11.3 Å². The van der Waals surface area contributed by atoms with Crippen molar-refractivity contribution in [3.8, 4) is 0 Å². The smallest absolute Gasteiger partial charge is 0.228 e. The van der Waals surface area contributed by atoms with Gasteiger partial charge in [0, 0.05) is 13.1 Å². The molecule has 2 fully saturated rings. The van der Waals surface area contributed by atoms with Gasteiger partial charge in [-0.15, -0.1) is 0 Å². The lowest BCUT2D eigenvalue weighted by atomic mass is 9.74. The van der Waals surface area contributed by atoms with Crippen LogP contribution in [-0.4, -0.2) is 37.0 Å². The Bertz CT molecular complexity index is 287. The van der Waals surface area contributed by atoms with Crippen LogP contribution >= 0.6 is 0 Å². The van der Waals surface area contributed by atoms with Gasteiger partial charge in [-0.2, -0.15) is 0 Å². The number of piperidine rings is 1. The van der Waals surface area contributed by atoms with Crippen molar-refractivity contribution in [1.82, 2.24) is 10.2 Å². The minimum absolute atomic E-state index is 0.0715. The van der Waals surface area contributed by atoms with E-state index < -0.39 is 0 Å². The Kier molecular flexibility index (Phi) is 4.31. The quantitative estimate of drug-likeness (QED) is 0.815. The lowest BCUT2D eigenvalue weighted by Crippen LogP contribution is -2.50. The van der Waals surface area contributed by atoms with Gasteiger partial charge in [-0.3, -0.25) is 4.79 Å². The highest BCUT2D eigenvalue weighted by molar-refractivity contribution is 5.83. The average Bonchev–Trinajstić information content (AvgIpc) is 3.22. The normalized spacial score (nSPS) is 24.6. The van der Waals surface area contributed by atoms with Crippen LogP contribution < -0.4 is 5.32 Å². The van der Waals surface area contributed by atoms with Crippen LogP contribution in [0.4, 0.5) is 0 Å². The Labute approximate surface area is 111 Å². The third-order valence-electron chi connectivity index (χ3n) is 4.98. The number of carbonyl (C=O) groups is 1. The van der Waals surface area contributed by atoms with Gasteiger partial charge in [0.15, 0.2) is 0 Å². The second-order valence-corrected chi connectivity index (χ2v) is 6.27. The molecule has 0 spiro atoms. The number of hydrogen-bond donors (Lipinski definition) is 1. The van der Waals surface area contributed by atoms with E-state index in [-0.39, 0.29) is 5.41 Å². The third kappa shape index (κ3) is 2.71. The lowest BCUT2D eigenvalue weighted by Gasteiger charge is -2.41. The number of hydrogen-bond acceptors (Lipinski definition) is 2. The summed E-state index contributed by atoms with van der Waals surface area (Å²) in [4.78, 5) is 14.9. The van der Waals surface area contributed by atoms with Crippen molar-refractivity contribution in [2.45, 2.75) is 58.4 Å². The molecule has 0 aromatic carbocycles. The van der Waals surface area contributed by atoms with E-state index in [1.54, 1.807) is 0 Å². The predicted molar refractivity (Wildman–Crippen MR) is 74.4 cm³/mol. The number of rotatable bonds is 5. The predicted octanol–water partition coefficient (Wildman–Crippen LogP) is 2.41. The van der Waals surface area contributed by atoms with E-state index in [0.29, 0.717) is 11.9 Å². The van der Waals surface area contributed by atoms with Gasteiger partial charge in [0.2, 0.25) is 5.91 Å². The summed E-state index contributed by atoms with van der Waals surface area (Å²) in [5.74, 6) is 1.17. The molecule has 0 bridgehead atoms. The molecule has 1 N–H and O–H groups in total. The number of amides is 1. The molecule has 104 valence electrons. The maximum absolute atomic E-state index is 12.9. The van der Waals surface area contributed by atoms with Crippen molar-refractivity contribution in [3.05, 3.63) is 0 Å². The lowest BCUT2D eigenvalue weighted by molar-refractivity contribution is -0.145. The molecule has 1 heterocycles. The monoisotopic (exact) mass is 252 g/mol. The molecule has 18 heavy (non-hydrogen) atoms. The highest BCUT2D eigenvalue weighted by Gasteiger charge is 2.43. The standard InChI is InChI=1S/C15H28N2O/c1-4-7-15(8-10-16-11-9-15)14(18)17(3)12(2)13-5-6-13/h12-13,16H,4-11H2,1-3H3. The van der Waals surface area contributed by atoms with Crippen LogP contribution in [0.15, 0.2) is 0 Å². The third-order valence-corrected chi connectivity index (χ3v) is 4.98. The van der Waals surface area contributed by atoms with Gasteiger partial charge >= 0.3 is 0 Å². The van der Waals surface area contributed by atoms with Crippen LogP contribution in [0.25, 0.3) is 0 Å². The van der Waals surface area contributed by atoms with Crippen molar-refractivity contribution in [1.29, 1.82) is 0 Å². The van der Waals surface area contributed by atoms with Crippen molar-refractivity contribution in [3.63, 3.8) is 0 Å². The average molecular weight is 252 g/mol. The number of carbonyl (C=O) groups excluding carboxylic acids is 1. The van der Waals surface area contributed by atoms with E-state index in [1.165, 1.54) is 12.8 Å². The Morgan fingerprint density at radius 1 is 1.39 bits per heavy atom. The summed E-state index contributed by atoms with van der Waals surface area (Å²) < 4.78 is 0. The zero-order valence-electron chi connectivity index (χ0n) is 12.2. The van der Waals surface area contributed by atoms with Crippen molar-refractivity contribution < 1.29 is 4.79 Å². The molecule has 1 saturated carbocycles. The topological polar surface area (TPSA) is 32.3 Å². The Balaban J connectivity index is 2.06. The second-order valence-electron chi connectivity index (χ2n) is 6.27. The van der Waals surface area contributed by atoms with Crippen molar-refractivity contribution in [2.75, 3.05) is 20.1 Å². The molecule has 1 aliphatic carbocycles. The SMILES string of the molecule is CCCC1(C(=O)N(C)C(C)C2CC2)CCNCC1. The molecular weight excluding hydrogens is 224 g/mol. The highest BCUT2D eigenvalue weighted by Crippen LogP contribution is 2.40. The molecule has 1 unspecified atom stereocenters. The van der Waals surface area contributed by atoms with Crippen molar-refractivity contribution in [2.24, 2.45) is 11.3 Å². The molecule has 0 aromatic rings. The van der Waals surface area contributed by atoms with Crippen LogP contribution in [0.1, 0.15) is 52.4 Å². The molecule has 1 amide bonds. The molecule has 3 heteroatoms. The van der Waals surface area contributed by atoms with Gasteiger partial charge in [-0.25, -0.2) is 0 Å². The summed E-state index contributed by atoms with van der Waals surface area (Å²) in [5.41, 5.74) is -0.0715. The number of nitrogens with one attached hydrogen (secondary N) is 1. The molecule has 0 radical (unpaired) electrons. The van der Waals surface area contributed by atoms with Gasteiger partial charge < -0.3 is 10.2 Å². The Morgan fingerprint density at radius 2 is 2.00 bits per heavy atom. The summed E-state index contributed by atoms with van der Waals surface area (Å²) in [6.07, 6.45) is 6.80. The zero-order valence-corrected chi connectivity index (χ0v) is 12.2. The van der Waals surface area contributed by atoms with Gasteiger partial charge in [0.05, 0.1) is 5.41 Å². The first-order valence-corrected chi connectivity index (χ1v) is 7.59.